The van der Waals surface area contributed by atoms with Crippen LogP contribution in [0.5, 0.6) is 0 Å². The first-order valence-corrected chi connectivity index (χ1v) is 12.5. The van der Waals surface area contributed by atoms with Gasteiger partial charge in [0, 0.05) is 19.3 Å². The molecular weight excluding hydrogens is 464 g/mol. The highest BCUT2D eigenvalue weighted by Crippen LogP contribution is 2.70. The van der Waals surface area contributed by atoms with Crippen molar-refractivity contribution in [3.8, 4) is 0 Å². The van der Waals surface area contributed by atoms with E-state index >= 15 is 0 Å². The number of hydrogen-bond acceptors (Lipinski definition) is 6. The van der Waals surface area contributed by atoms with Gasteiger partial charge in [-0.25, -0.2) is 0 Å². The maximum atomic E-state index is 12.9. The first-order chi connectivity index (χ1) is 14.6. The topological polar surface area (TPSA) is 89.9 Å². The van der Waals surface area contributed by atoms with Crippen molar-refractivity contribution in [2.75, 3.05) is 6.61 Å². The third-order valence-corrected chi connectivity index (χ3v) is 11.6. The lowest BCUT2D eigenvalue weighted by atomic mass is 9.44. The smallest absolute Gasteiger partial charge is 0.303 e. The fourth-order valence-corrected chi connectivity index (χ4v) is 9.23. The summed E-state index contributed by atoms with van der Waals surface area (Å²) in [5.74, 6) is 0.790. The minimum Gasteiger partial charge on any atom is -0.465 e. The lowest BCUT2D eigenvalue weighted by Crippen LogP contribution is -2.66. The minimum atomic E-state index is -0.519. The number of carbonyl (C=O) groups is 3. The number of esters is 1. The number of carbonyl (C=O) groups excluding carboxylic acids is 3. The molecule has 4 fully saturated rings. The van der Waals surface area contributed by atoms with Gasteiger partial charge in [-0.3, -0.25) is 14.4 Å². The van der Waals surface area contributed by atoms with Crippen LogP contribution in [0.25, 0.3) is 0 Å². The number of aliphatic hydroxyl groups excluding tert-OH is 1. The van der Waals surface area contributed by atoms with Crippen molar-refractivity contribution in [3.05, 3.63) is 0 Å². The Morgan fingerprint density at radius 2 is 1.87 bits per heavy atom. The predicted octanol–water partition coefficient (Wildman–Crippen LogP) is 3.81. The standard InChI is InChI=1S/C24H35BrO6/c1-14(27)30-12-20(28)19-5-4-17-16-10-21(29)24(25)11-15(31-13-26)6-9-23(24,3)18(16)7-8-22(17,19)2/h13,15-19,21,29H,4-12H2,1-3H3/t15-,16?,17?,18?,19+,21+,22-,23+,24-/m0/s1. The molecular formula is C24H35BrO6. The van der Waals surface area contributed by atoms with Crippen molar-refractivity contribution in [2.24, 2.45) is 34.5 Å². The molecule has 0 aliphatic heterocycles. The monoisotopic (exact) mass is 498 g/mol. The molecule has 0 saturated heterocycles. The van der Waals surface area contributed by atoms with Gasteiger partial charge in [0.25, 0.3) is 6.47 Å². The largest absolute Gasteiger partial charge is 0.465 e. The molecule has 0 spiro atoms. The lowest BCUT2D eigenvalue weighted by Gasteiger charge is -2.65. The van der Waals surface area contributed by atoms with Crippen LogP contribution in [-0.4, -0.2) is 46.5 Å². The second-order valence-electron chi connectivity index (χ2n) is 10.9. The number of ketones is 1. The molecule has 1 N–H and O–H groups in total. The third kappa shape index (κ3) is 3.49. The van der Waals surface area contributed by atoms with Crippen molar-refractivity contribution in [1.82, 2.24) is 0 Å². The van der Waals surface area contributed by atoms with Gasteiger partial charge in [0.15, 0.2) is 5.78 Å². The molecule has 0 bridgehead atoms. The Hall–Kier alpha value is -0.950. The Balaban J connectivity index is 1.57. The van der Waals surface area contributed by atoms with Gasteiger partial charge in [-0.05, 0) is 73.5 Å². The highest BCUT2D eigenvalue weighted by Gasteiger charge is 2.67. The van der Waals surface area contributed by atoms with Gasteiger partial charge in [0.1, 0.15) is 12.7 Å². The van der Waals surface area contributed by atoms with Crippen LogP contribution in [0.2, 0.25) is 0 Å². The third-order valence-electron chi connectivity index (χ3n) is 9.79. The Morgan fingerprint density at radius 1 is 1.13 bits per heavy atom. The van der Waals surface area contributed by atoms with E-state index in [4.69, 9.17) is 9.47 Å². The summed E-state index contributed by atoms with van der Waals surface area (Å²) < 4.78 is 9.87. The van der Waals surface area contributed by atoms with E-state index < -0.39 is 16.4 Å². The number of fused-ring (bicyclic) bond motifs is 5. The van der Waals surface area contributed by atoms with Crippen LogP contribution in [0.4, 0.5) is 0 Å². The van der Waals surface area contributed by atoms with Crippen molar-refractivity contribution < 1.29 is 29.0 Å². The van der Waals surface area contributed by atoms with Gasteiger partial charge < -0.3 is 14.6 Å². The lowest BCUT2D eigenvalue weighted by molar-refractivity contribution is -0.165. The summed E-state index contributed by atoms with van der Waals surface area (Å²) in [5, 5.41) is 11.4. The zero-order valence-electron chi connectivity index (χ0n) is 18.8. The molecule has 0 heterocycles. The van der Waals surface area contributed by atoms with E-state index in [1.54, 1.807) is 0 Å². The van der Waals surface area contributed by atoms with E-state index in [9.17, 15) is 19.5 Å². The van der Waals surface area contributed by atoms with Gasteiger partial charge in [-0.15, -0.1) is 0 Å². The molecule has 31 heavy (non-hydrogen) atoms. The average molecular weight is 499 g/mol. The van der Waals surface area contributed by atoms with Crippen LogP contribution in [-0.2, 0) is 23.9 Å². The zero-order chi connectivity index (χ0) is 22.6. The van der Waals surface area contributed by atoms with Crippen molar-refractivity contribution in [1.29, 1.82) is 0 Å². The molecule has 4 rings (SSSR count). The number of aliphatic hydroxyl groups is 1. The molecule has 6 nitrogen and oxygen atoms in total. The number of hydrogen-bond donors (Lipinski definition) is 1. The van der Waals surface area contributed by atoms with E-state index in [0.29, 0.717) is 37.1 Å². The van der Waals surface area contributed by atoms with Gasteiger partial charge in [-0.2, -0.15) is 0 Å². The molecule has 4 aliphatic rings. The fourth-order valence-electron chi connectivity index (χ4n) is 8.19. The maximum Gasteiger partial charge on any atom is 0.303 e. The van der Waals surface area contributed by atoms with E-state index in [1.807, 2.05) is 0 Å². The second-order valence-corrected chi connectivity index (χ2v) is 12.3. The Morgan fingerprint density at radius 3 is 2.55 bits per heavy atom. The van der Waals surface area contributed by atoms with E-state index in [0.717, 1.165) is 38.5 Å². The maximum absolute atomic E-state index is 12.9. The molecule has 9 atom stereocenters. The summed E-state index contributed by atoms with van der Waals surface area (Å²) in [4.78, 5) is 35.0. The van der Waals surface area contributed by atoms with E-state index in [2.05, 4.69) is 29.8 Å². The van der Waals surface area contributed by atoms with Crippen molar-refractivity contribution >= 4 is 34.2 Å². The molecule has 4 aliphatic carbocycles. The zero-order valence-corrected chi connectivity index (χ0v) is 20.4. The summed E-state index contributed by atoms with van der Waals surface area (Å²) >= 11 is 3.97. The highest BCUT2D eigenvalue weighted by atomic mass is 79.9. The second kappa shape index (κ2) is 8.12. The normalized spacial score (nSPS) is 48.7. The fraction of sp³-hybridized carbons (Fsp3) is 0.875. The SMILES string of the molecule is CC(=O)OCC(=O)[C@H]1CCC2C3C[C@@H](O)[C@@]4(Br)C[C@@H](OC=O)CC[C@]4(C)C3CC[C@@]21C. The van der Waals surface area contributed by atoms with Crippen LogP contribution >= 0.6 is 15.9 Å². The molecule has 0 aromatic rings. The number of Topliss-reactive ketones (excluding diaryl/α,β-unsaturated/α-hetero) is 1. The Labute approximate surface area is 192 Å². The average Bonchev–Trinajstić information content (AvgIpc) is 3.06. The van der Waals surface area contributed by atoms with Crippen LogP contribution in [0.15, 0.2) is 0 Å². The van der Waals surface area contributed by atoms with Gasteiger partial charge in [0.05, 0.1) is 10.4 Å². The molecule has 0 aromatic heterocycles. The first-order valence-electron chi connectivity index (χ1n) is 11.7. The number of ether oxygens (including phenoxy) is 2. The molecule has 0 radical (unpaired) electrons. The summed E-state index contributed by atoms with van der Waals surface area (Å²) in [6.07, 6.45) is 6.26. The van der Waals surface area contributed by atoms with Crippen molar-refractivity contribution in [2.45, 2.75) is 88.7 Å². The molecule has 0 amide bonds. The highest BCUT2D eigenvalue weighted by molar-refractivity contribution is 9.10. The molecule has 3 unspecified atom stereocenters. The summed E-state index contributed by atoms with van der Waals surface area (Å²) in [7, 11) is 0. The number of alkyl halides is 1. The predicted molar refractivity (Wildman–Crippen MR) is 117 cm³/mol. The molecule has 4 saturated carbocycles. The van der Waals surface area contributed by atoms with Crippen LogP contribution in [0.3, 0.4) is 0 Å². The van der Waals surface area contributed by atoms with Crippen LogP contribution in [0.1, 0.15) is 72.1 Å². The van der Waals surface area contributed by atoms with Gasteiger partial charge in [-0.1, -0.05) is 29.8 Å². The molecule has 0 aromatic carbocycles. The quantitative estimate of drug-likeness (QED) is 0.352. The summed E-state index contributed by atoms with van der Waals surface area (Å²) in [5.41, 5.74) is -0.183. The summed E-state index contributed by atoms with van der Waals surface area (Å²) in [6.45, 7) is 6.29. The first kappa shape index (κ1) is 23.2. The molecule has 7 heteroatoms. The number of halogens is 1. The van der Waals surface area contributed by atoms with E-state index in [-0.39, 0.29) is 35.2 Å². The molecule has 174 valence electrons. The minimum absolute atomic E-state index is 0.0441. The van der Waals surface area contributed by atoms with E-state index in [1.165, 1.54) is 6.92 Å². The van der Waals surface area contributed by atoms with Gasteiger partial charge in [0.2, 0.25) is 0 Å². The number of rotatable bonds is 5. The van der Waals surface area contributed by atoms with Crippen LogP contribution in [0, 0.1) is 34.5 Å². The van der Waals surface area contributed by atoms with Gasteiger partial charge >= 0.3 is 5.97 Å². The summed E-state index contributed by atoms with van der Waals surface area (Å²) in [6, 6.07) is 0. The van der Waals surface area contributed by atoms with Crippen LogP contribution < -0.4 is 0 Å². The Kier molecular flexibility index (Phi) is 6.08. The van der Waals surface area contributed by atoms with Crippen molar-refractivity contribution in [3.63, 3.8) is 0 Å². The Bertz CT molecular complexity index is 756.